The van der Waals surface area contributed by atoms with E-state index in [4.69, 9.17) is 21.1 Å². The normalized spacial score (nSPS) is 14.5. The number of aliphatic carboxylic acids is 2. The second-order valence-corrected chi connectivity index (χ2v) is 5.08. The van der Waals surface area contributed by atoms with Crippen LogP contribution in [-0.4, -0.2) is 56.0 Å². The molecule has 0 heterocycles. The molecule has 15 heavy (non-hydrogen) atoms. The minimum Gasteiger partial charge on any atom is -0.480 e. The first-order valence-electron chi connectivity index (χ1n) is 4.00. The van der Waals surface area contributed by atoms with Crippen molar-refractivity contribution in [2.24, 2.45) is 5.73 Å². The van der Waals surface area contributed by atoms with Gasteiger partial charge in [0.05, 0.1) is 0 Å². The molecule has 5 N–H and O–H groups in total. The number of carbonyl (C=O) groups is 2. The number of carboxylic acid groups (broad SMARTS) is 2. The first-order chi connectivity index (χ1) is 6.95. The summed E-state index contributed by atoms with van der Waals surface area (Å²) in [4.78, 5) is 20.5. The Hall–Kier alpha value is -0.440. The molecule has 0 aromatic rings. The van der Waals surface area contributed by atoms with Gasteiger partial charge in [-0.2, -0.15) is 0 Å². The minimum absolute atomic E-state index is 0.0879. The maximum absolute atomic E-state index is 10.3. The molecule has 6 nitrogen and oxygen atoms in total. The molecule has 88 valence electrons. The van der Waals surface area contributed by atoms with Crippen molar-refractivity contribution < 1.29 is 24.9 Å². The summed E-state index contributed by atoms with van der Waals surface area (Å²) in [5, 5.41) is 26.1. The van der Waals surface area contributed by atoms with Gasteiger partial charge in [-0.15, -0.1) is 23.5 Å². The quantitative estimate of drug-likeness (QED) is 0.331. The summed E-state index contributed by atoms with van der Waals surface area (Å²) < 4.78 is 0. The Morgan fingerprint density at radius 2 is 1.67 bits per heavy atom. The van der Waals surface area contributed by atoms with Crippen LogP contribution in [0, 0.1) is 0 Å². The Labute approximate surface area is 95.2 Å². The van der Waals surface area contributed by atoms with Crippen LogP contribution in [0.25, 0.3) is 0 Å². The van der Waals surface area contributed by atoms with Crippen molar-refractivity contribution in [3.63, 3.8) is 0 Å². The molecule has 0 aromatic carbocycles. The molecule has 1 unspecified atom stereocenters. The van der Waals surface area contributed by atoms with Crippen molar-refractivity contribution in [1.82, 2.24) is 0 Å². The molecule has 0 radical (unpaired) electrons. The van der Waals surface area contributed by atoms with Gasteiger partial charge < -0.3 is 21.1 Å². The highest BCUT2D eigenvalue weighted by atomic mass is 32.2. The number of carboxylic acids is 2. The van der Waals surface area contributed by atoms with Crippen molar-refractivity contribution >= 4 is 35.5 Å². The van der Waals surface area contributed by atoms with E-state index in [0.717, 1.165) is 0 Å². The van der Waals surface area contributed by atoms with Crippen LogP contribution >= 0.6 is 23.5 Å². The van der Waals surface area contributed by atoms with Crippen molar-refractivity contribution in [3.05, 3.63) is 0 Å². The molecule has 2 atom stereocenters. The zero-order valence-electron chi connectivity index (χ0n) is 7.83. The van der Waals surface area contributed by atoms with Crippen LogP contribution < -0.4 is 5.73 Å². The Morgan fingerprint density at radius 3 is 2.13 bits per heavy atom. The van der Waals surface area contributed by atoms with Gasteiger partial charge in [-0.05, 0) is 0 Å². The lowest BCUT2D eigenvalue weighted by Crippen LogP contribution is -2.32. The maximum Gasteiger partial charge on any atom is 0.333 e. The van der Waals surface area contributed by atoms with E-state index in [2.05, 4.69) is 0 Å². The lowest BCUT2D eigenvalue weighted by atomic mass is 10.4. The molecular weight excluding hydrogens is 242 g/mol. The average Bonchev–Trinajstić information content (AvgIpc) is 2.16. The number of hydrogen-bond donors (Lipinski definition) is 4. The maximum atomic E-state index is 10.3. The summed E-state index contributed by atoms with van der Waals surface area (Å²) in [5.41, 5.74) is 5.23. The molecule has 0 aromatic heterocycles. The largest absolute Gasteiger partial charge is 0.480 e. The highest BCUT2D eigenvalue weighted by Gasteiger charge is 2.13. The number of aliphatic hydroxyl groups excluding tert-OH is 1. The molecule has 0 saturated carbocycles. The van der Waals surface area contributed by atoms with Crippen molar-refractivity contribution in [2.75, 3.05) is 16.6 Å². The van der Waals surface area contributed by atoms with E-state index in [1.54, 1.807) is 0 Å². The Bertz CT molecular complexity index is 203. The predicted molar refractivity (Wildman–Crippen MR) is 59.0 cm³/mol. The van der Waals surface area contributed by atoms with Gasteiger partial charge in [-0.1, -0.05) is 0 Å². The van der Waals surface area contributed by atoms with Gasteiger partial charge in [-0.25, -0.2) is 4.79 Å². The standard InChI is InChI=1S/C7H13NO5S2/c8-4(6(10)11)1-14-3-15-2-5(9)7(12)13/h4-5,9H,1-3,8H2,(H,10,11)(H,12,13)/t4-,5?/m0/s1. The molecule has 0 fully saturated rings. The molecule has 0 aliphatic rings. The number of hydrogen-bond acceptors (Lipinski definition) is 6. The summed E-state index contributed by atoms with van der Waals surface area (Å²) in [5.74, 6) is -1.95. The van der Waals surface area contributed by atoms with Gasteiger partial charge in [-0.3, -0.25) is 4.79 Å². The molecule has 0 amide bonds. The average molecular weight is 255 g/mol. The lowest BCUT2D eigenvalue weighted by molar-refractivity contribution is -0.145. The number of thioether (sulfide) groups is 2. The van der Waals surface area contributed by atoms with Gasteiger partial charge in [0.25, 0.3) is 0 Å². The molecule has 0 bridgehead atoms. The van der Waals surface area contributed by atoms with Crippen molar-refractivity contribution in [2.45, 2.75) is 12.1 Å². The van der Waals surface area contributed by atoms with Crippen LogP contribution in [-0.2, 0) is 9.59 Å². The second-order valence-electron chi connectivity index (χ2n) is 2.66. The zero-order valence-corrected chi connectivity index (χ0v) is 9.46. The summed E-state index contributed by atoms with van der Waals surface area (Å²) in [6, 6.07) is -0.903. The molecule has 0 saturated heterocycles. The van der Waals surface area contributed by atoms with Crippen LogP contribution in [0.3, 0.4) is 0 Å². The second kappa shape index (κ2) is 7.80. The molecule has 0 aliphatic heterocycles. The Morgan fingerprint density at radius 1 is 1.13 bits per heavy atom. The van der Waals surface area contributed by atoms with Gasteiger partial charge in [0.15, 0.2) is 6.10 Å². The third-order valence-electron chi connectivity index (χ3n) is 1.34. The third-order valence-corrected chi connectivity index (χ3v) is 3.82. The molecule has 0 spiro atoms. The van der Waals surface area contributed by atoms with E-state index in [9.17, 15) is 9.59 Å². The van der Waals surface area contributed by atoms with E-state index in [-0.39, 0.29) is 11.5 Å². The highest BCUT2D eigenvalue weighted by molar-refractivity contribution is 8.16. The molecule has 0 aliphatic carbocycles. The van der Waals surface area contributed by atoms with Crippen molar-refractivity contribution in [1.29, 1.82) is 0 Å². The van der Waals surface area contributed by atoms with Gasteiger partial charge in [0.1, 0.15) is 6.04 Å². The molecule has 0 rings (SSSR count). The van der Waals surface area contributed by atoms with E-state index >= 15 is 0 Å². The minimum atomic E-state index is -1.37. The fraction of sp³-hybridized carbons (Fsp3) is 0.714. The zero-order chi connectivity index (χ0) is 11.8. The SMILES string of the molecule is N[C@@H](CSCSCC(O)C(=O)O)C(=O)O. The van der Waals surface area contributed by atoms with E-state index in [1.807, 2.05) is 0 Å². The number of aliphatic hydroxyl groups is 1. The summed E-state index contributed by atoms with van der Waals surface area (Å²) in [6.45, 7) is 0. The van der Waals surface area contributed by atoms with Crippen LogP contribution in [0.1, 0.15) is 0 Å². The lowest BCUT2D eigenvalue weighted by Gasteiger charge is -2.06. The Balaban J connectivity index is 3.40. The Kier molecular flexibility index (Phi) is 7.57. The van der Waals surface area contributed by atoms with Gasteiger partial charge >= 0.3 is 11.9 Å². The van der Waals surface area contributed by atoms with Gasteiger partial charge in [0, 0.05) is 16.6 Å². The number of nitrogens with two attached hydrogens (primary N) is 1. The van der Waals surface area contributed by atoms with Crippen LogP contribution in [0.15, 0.2) is 0 Å². The summed E-state index contributed by atoms with van der Waals surface area (Å²) in [6.07, 6.45) is -1.37. The molecular formula is C7H13NO5S2. The fourth-order valence-corrected chi connectivity index (χ4v) is 2.54. The highest BCUT2D eigenvalue weighted by Crippen LogP contribution is 2.13. The van der Waals surface area contributed by atoms with E-state index in [0.29, 0.717) is 5.08 Å². The predicted octanol–water partition coefficient (Wildman–Crippen LogP) is -0.732. The fourth-order valence-electron chi connectivity index (χ4n) is 0.536. The summed E-state index contributed by atoms with van der Waals surface area (Å²) in [7, 11) is 0. The number of rotatable bonds is 8. The smallest absolute Gasteiger partial charge is 0.333 e. The van der Waals surface area contributed by atoms with Crippen LogP contribution in [0.2, 0.25) is 0 Å². The first kappa shape index (κ1) is 14.6. The monoisotopic (exact) mass is 255 g/mol. The third kappa shape index (κ3) is 7.48. The van der Waals surface area contributed by atoms with Gasteiger partial charge in [0.2, 0.25) is 0 Å². The van der Waals surface area contributed by atoms with E-state index < -0.39 is 24.1 Å². The van der Waals surface area contributed by atoms with Crippen molar-refractivity contribution in [3.8, 4) is 0 Å². The van der Waals surface area contributed by atoms with E-state index in [1.165, 1.54) is 23.5 Å². The summed E-state index contributed by atoms with van der Waals surface area (Å²) >= 11 is 2.52. The topological polar surface area (TPSA) is 121 Å². The van der Waals surface area contributed by atoms with Crippen LogP contribution in [0.4, 0.5) is 0 Å². The van der Waals surface area contributed by atoms with Crippen LogP contribution in [0.5, 0.6) is 0 Å². The first-order valence-corrected chi connectivity index (χ1v) is 6.30. The molecule has 8 heteroatoms.